The largest absolute Gasteiger partial charge is 0.336 e. The molecule has 8 heteroatoms. The normalized spacial score (nSPS) is 18.5. The van der Waals surface area contributed by atoms with Gasteiger partial charge in [-0.05, 0) is 93.8 Å². The molecular weight excluding hydrogens is 450 g/mol. The first kappa shape index (κ1) is 24.4. The number of anilines is 1. The van der Waals surface area contributed by atoms with Crippen LogP contribution < -0.4 is 10.0 Å². The molecule has 2 N–H and O–H groups in total. The third-order valence-electron chi connectivity index (χ3n) is 6.58. The first-order valence-corrected chi connectivity index (χ1v) is 13.5. The van der Waals surface area contributed by atoms with Crippen molar-refractivity contribution in [3.8, 4) is 0 Å². The minimum Gasteiger partial charge on any atom is -0.336 e. The van der Waals surface area contributed by atoms with Gasteiger partial charge in [0.15, 0.2) is 0 Å². The van der Waals surface area contributed by atoms with Crippen molar-refractivity contribution < 1.29 is 18.0 Å². The molecule has 0 spiro atoms. The summed E-state index contributed by atoms with van der Waals surface area (Å²) in [4.78, 5) is 27.6. The maximum absolute atomic E-state index is 12.9. The maximum Gasteiger partial charge on any atom is 0.254 e. The number of hydrogen-bond acceptors (Lipinski definition) is 4. The van der Waals surface area contributed by atoms with Gasteiger partial charge >= 0.3 is 0 Å². The third-order valence-corrected chi connectivity index (χ3v) is 8.12. The fraction of sp³-hybridized carbons (Fsp3) is 0.462. The van der Waals surface area contributed by atoms with Crippen LogP contribution in [0.3, 0.4) is 0 Å². The lowest BCUT2D eigenvalue weighted by atomic mass is 10.0. The molecule has 2 aromatic rings. The smallest absolute Gasteiger partial charge is 0.254 e. The van der Waals surface area contributed by atoms with Crippen molar-refractivity contribution in [3.05, 3.63) is 59.2 Å². The first-order valence-electron chi connectivity index (χ1n) is 12.1. The Morgan fingerprint density at radius 3 is 2.41 bits per heavy atom. The highest BCUT2D eigenvalue weighted by molar-refractivity contribution is 7.89. The maximum atomic E-state index is 12.9. The molecule has 1 saturated carbocycles. The Kier molecular flexibility index (Phi) is 7.38. The van der Waals surface area contributed by atoms with Crippen molar-refractivity contribution in [1.82, 2.24) is 9.62 Å². The number of amides is 2. The molecule has 182 valence electrons. The second-order valence-corrected chi connectivity index (χ2v) is 11.2. The van der Waals surface area contributed by atoms with Gasteiger partial charge in [-0.2, -0.15) is 0 Å². The Balaban J connectivity index is 1.31. The van der Waals surface area contributed by atoms with E-state index >= 15 is 0 Å². The van der Waals surface area contributed by atoms with E-state index in [2.05, 4.69) is 17.0 Å². The molecule has 0 aromatic heterocycles. The third kappa shape index (κ3) is 6.04. The summed E-state index contributed by atoms with van der Waals surface area (Å²) >= 11 is 0. The van der Waals surface area contributed by atoms with Crippen molar-refractivity contribution in [2.24, 2.45) is 0 Å². The first-order chi connectivity index (χ1) is 16.2. The van der Waals surface area contributed by atoms with E-state index < -0.39 is 10.0 Å². The highest BCUT2D eigenvalue weighted by Crippen LogP contribution is 2.24. The summed E-state index contributed by atoms with van der Waals surface area (Å²) in [5, 5.41) is 2.93. The van der Waals surface area contributed by atoms with Gasteiger partial charge in [0.05, 0.1) is 4.90 Å². The molecule has 0 radical (unpaired) electrons. The Morgan fingerprint density at radius 2 is 1.76 bits per heavy atom. The van der Waals surface area contributed by atoms with Crippen molar-refractivity contribution in [2.45, 2.75) is 75.8 Å². The number of carbonyl (C=O) groups excluding carboxylic acids is 2. The number of piperidine rings is 1. The predicted octanol–water partition coefficient (Wildman–Crippen LogP) is 4.02. The second-order valence-electron chi connectivity index (χ2n) is 9.46. The molecule has 7 nitrogen and oxygen atoms in total. The molecule has 2 aliphatic rings. The summed E-state index contributed by atoms with van der Waals surface area (Å²) in [6, 6.07) is 12.4. The molecular formula is C26H33N3O4S. The van der Waals surface area contributed by atoms with Crippen molar-refractivity contribution in [2.75, 3.05) is 11.9 Å². The highest BCUT2D eigenvalue weighted by atomic mass is 32.2. The number of rotatable bonds is 8. The van der Waals surface area contributed by atoms with E-state index in [9.17, 15) is 18.0 Å². The topological polar surface area (TPSA) is 95.6 Å². The molecule has 1 aliphatic carbocycles. The molecule has 4 rings (SSSR count). The van der Waals surface area contributed by atoms with Gasteiger partial charge in [0.2, 0.25) is 15.9 Å². The Bertz CT molecular complexity index is 1160. The van der Waals surface area contributed by atoms with E-state index in [-0.39, 0.29) is 35.2 Å². The number of likely N-dealkylation sites (tertiary alicyclic amines) is 1. The van der Waals surface area contributed by atoms with E-state index in [1.54, 1.807) is 36.4 Å². The van der Waals surface area contributed by atoms with Crippen molar-refractivity contribution in [3.63, 3.8) is 0 Å². The lowest BCUT2D eigenvalue weighted by molar-refractivity contribution is -0.116. The predicted molar refractivity (Wildman–Crippen MR) is 132 cm³/mol. The molecule has 1 aliphatic heterocycles. The van der Waals surface area contributed by atoms with Crippen LogP contribution in [0.1, 0.15) is 66.9 Å². The molecule has 2 fully saturated rings. The monoisotopic (exact) mass is 483 g/mol. The Morgan fingerprint density at radius 1 is 1.03 bits per heavy atom. The van der Waals surface area contributed by atoms with Gasteiger partial charge in [-0.15, -0.1) is 0 Å². The van der Waals surface area contributed by atoms with Crippen molar-refractivity contribution >= 4 is 27.5 Å². The molecule has 1 saturated heterocycles. The zero-order valence-corrected chi connectivity index (χ0v) is 20.7. The van der Waals surface area contributed by atoms with Gasteiger partial charge in [0.1, 0.15) is 0 Å². The van der Waals surface area contributed by atoms with Crippen LogP contribution in [-0.2, 0) is 21.2 Å². The van der Waals surface area contributed by atoms with Gasteiger partial charge < -0.3 is 10.2 Å². The van der Waals surface area contributed by atoms with Crippen LogP contribution >= 0.6 is 0 Å². The standard InChI is InChI=1S/C26H33N3O4S/c1-18-17-21(26(31)29-16-4-3-5-19(29)2)9-14-24(18)27-25(30)15-8-20-6-12-23(13-7-20)34(32,33)28-22-10-11-22/h6-7,9,12-14,17,19,22,28H,3-5,8,10-11,15-16H2,1-2H3,(H,27,30). The van der Waals surface area contributed by atoms with Crippen molar-refractivity contribution in [1.29, 1.82) is 0 Å². The molecule has 1 unspecified atom stereocenters. The van der Waals surface area contributed by atoms with Gasteiger partial charge in [-0.25, -0.2) is 13.1 Å². The van der Waals surface area contributed by atoms with Crippen LogP contribution in [0.4, 0.5) is 5.69 Å². The summed E-state index contributed by atoms with van der Waals surface area (Å²) < 4.78 is 27.2. The quantitative estimate of drug-likeness (QED) is 0.593. The minimum atomic E-state index is -3.47. The van der Waals surface area contributed by atoms with Crippen LogP contribution in [0.5, 0.6) is 0 Å². The fourth-order valence-electron chi connectivity index (χ4n) is 4.30. The molecule has 0 bridgehead atoms. The van der Waals surface area contributed by atoms with E-state index in [1.165, 1.54) is 0 Å². The van der Waals surface area contributed by atoms with Crippen LogP contribution in [-0.4, -0.2) is 43.8 Å². The number of carbonyl (C=O) groups is 2. The van der Waals surface area contributed by atoms with Gasteiger partial charge in [-0.3, -0.25) is 9.59 Å². The minimum absolute atomic E-state index is 0.0472. The van der Waals surface area contributed by atoms with Gasteiger partial charge in [0.25, 0.3) is 5.91 Å². The summed E-state index contributed by atoms with van der Waals surface area (Å²) in [5.41, 5.74) is 3.09. The zero-order valence-electron chi connectivity index (χ0n) is 19.8. The van der Waals surface area contributed by atoms with Crippen LogP contribution in [0, 0.1) is 6.92 Å². The molecule has 1 heterocycles. The number of hydrogen-bond donors (Lipinski definition) is 2. The summed E-state index contributed by atoms with van der Waals surface area (Å²) in [5.74, 6) is -0.0788. The van der Waals surface area contributed by atoms with Gasteiger partial charge in [0, 0.05) is 36.3 Å². The van der Waals surface area contributed by atoms with E-state index in [0.29, 0.717) is 17.7 Å². The average molecular weight is 484 g/mol. The lowest BCUT2D eigenvalue weighted by Gasteiger charge is -2.33. The lowest BCUT2D eigenvalue weighted by Crippen LogP contribution is -2.42. The summed E-state index contributed by atoms with van der Waals surface area (Å²) in [7, 11) is -3.47. The molecule has 2 aromatic carbocycles. The summed E-state index contributed by atoms with van der Waals surface area (Å²) in [6.45, 7) is 4.78. The van der Waals surface area contributed by atoms with Crippen LogP contribution in [0.2, 0.25) is 0 Å². The second kappa shape index (κ2) is 10.3. The Labute approximate surface area is 202 Å². The number of sulfonamides is 1. The fourth-order valence-corrected chi connectivity index (χ4v) is 5.60. The number of nitrogens with zero attached hydrogens (tertiary/aromatic N) is 1. The molecule has 1 atom stereocenters. The van der Waals surface area contributed by atoms with Crippen LogP contribution in [0.25, 0.3) is 0 Å². The Hall–Kier alpha value is -2.71. The number of benzene rings is 2. The summed E-state index contributed by atoms with van der Waals surface area (Å²) in [6.07, 6.45) is 5.80. The van der Waals surface area contributed by atoms with Gasteiger partial charge in [-0.1, -0.05) is 12.1 Å². The zero-order chi connectivity index (χ0) is 24.3. The van der Waals surface area contributed by atoms with Crippen LogP contribution in [0.15, 0.2) is 47.4 Å². The van der Waals surface area contributed by atoms with E-state index in [1.807, 2.05) is 17.9 Å². The molecule has 34 heavy (non-hydrogen) atoms. The SMILES string of the molecule is Cc1cc(C(=O)N2CCCCC2C)ccc1NC(=O)CCc1ccc(S(=O)(=O)NC2CC2)cc1. The average Bonchev–Trinajstić information content (AvgIpc) is 3.62. The van der Waals surface area contributed by atoms with E-state index in [0.717, 1.165) is 49.8 Å². The number of aryl methyl sites for hydroxylation is 2. The number of nitrogens with one attached hydrogen (secondary N) is 2. The highest BCUT2D eigenvalue weighted by Gasteiger charge is 2.28. The molecule has 2 amide bonds. The van der Waals surface area contributed by atoms with E-state index in [4.69, 9.17) is 0 Å².